The van der Waals surface area contributed by atoms with Crippen molar-refractivity contribution in [2.75, 3.05) is 33.4 Å². The maximum atomic E-state index is 10.00. The average Bonchev–Trinajstić information content (AvgIpc) is 2.54. The van der Waals surface area contributed by atoms with Gasteiger partial charge in [-0.1, -0.05) is 6.07 Å². The van der Waals surface area contributed by atoms with Crippen molar-refractivity contribution in [3.8, 4) is 23.0 Å². The average molecular weight is 333 g/mol. The van der Waals surface area contributed by atoms with E-state index in [0.29, 0.717) is 31.2 Å². The number of ether oxygens (including phenoxy) is 2. The van der Waals surface area contributed by atoms with Crippen molar-refractivity contribution < 1.29 is 24.8 Å². The molecule has 1 unspecified atom stereocenters. The first-order valence-corrected chi connectivity index (χ1v) is 7.73. The van der Waals surface area contributed by atoms with Crippen LogP contribution in [0.15, 0.2) is 48.5 Å². The highest BCUT2D eigenvalue weighted by molar-refractivity contribution is 5.31. The van der Waals surface area contributed by atoms with Crippen LogP contribution in [0.5, 0.6) is 23.0 Å². The second-order valence-corrected chi connectivity index (χ2v) is 5.57. The number of phenolic OH excluding ortho intramolecular Hbond substituents is 2. The van der Waals surface area contributed by atoms with Crippen molar-refractivity contribution in [1.82, 2.24) is 4.90 Å². The Morgan fingerprint density at radius 2 is 1.71 bits per heavy atom. The fraction of sp³-hybridized carbons (Fsp3) is 0.333. The molecule has 0 aliphatic rings. The van der Waals surface area contributed by atoms with Gasteiger partial charge in [0.05, 0.1) is 0 Å². The number of hydrogen-bond donors (Lipinski definition) is 3. The molecule has 24 heavy (non-hydrogen) atoms. The Morgan fingerprint density at radius 1 is 0.958 bits per heavy atom. The minimum Gasteiger partial charge on any atom is -0.508 e. The Hall–Kier alpha value is -2.44. The Kier molecular flexibility index (Phi) is 6.72. The lowest BCUT2D eigenvalue weighted by Crippen LogP contribution is -2.35. The van der Waals surface area contributed by atoms with E-state index >= 15 is 0 Å². The maximum absolute atomic E-state index is 10.00. The molecule has 0 heterocycles. The van der Waals surface area contributed by atoms with E-state index in [0.717, 1.165) is 0 Å². The van der Waals surface area contributed by atoms with Crippen molar-refractivity contribution in [1.29, 1.82) is 0 Å². The molecule has 0 saturated carbocycles. The second kappa shape index (κ2) is 9.00. The van der Waals surface area contributed by atoms with Crippen LogP contribution >= 0.6 is 0 Å². The van der Waals surface area contributed by atoms with Gasteiger partial charge in [-0.15, -0.1) is 0 Å². The SMILES string of the molecule is CN(CCOc1cccc(O)c1)CC(O)COc1ccc(O)cc1. The molecule has 0 fully saturated rings. The molecule has 2 aromatic carbocycles. The molecule has 2 aromatic rings. The van der Waals surface area contributed by atoms with Crippen LogP contribution in [-0.2, 0) is 0 Å². The summed E-state index contributed by atoms with van der Waals surface area (Å²) in [7, 11) is 1.88. The normalized spacial score (nSPS) is 12.1. The van der Waals surface area contributed by atoms with E-state index in [1.165, 1.54) is 12.1 Å². The van der Waals surface area contributed by atoms with E-state index in [-0.39, 0.29) is 18.1 Å². The summed E-state index contributed by atoms with van der Waals surface area (Å²) < 4.78 is 11.0. The van der Waals surface area contributed by atoms with Crippen LogP contribution in [0.1, 0.15) is 0 Å². The van der Waals surface area contributed by atoms with E-state index in [4.69, 9.17) is 9.47 Å². The Labute approximate surface area is 141 Å². The van der Waals surface area contributed by atoms with Gasteiger partial charge in [-0.25, -0.2) is 0 Å². The number of rotatable bonds is 9. The van der Waals surface area contributed by atoms with Crippen LogP contribution in [0.3, 0.4) is 0 Å². The molecular weight excluding hydrogens is 310 g/mol. The Balaban J connectivity index is 1.64. The first-order chi connectivity index (χ1) is 11.5. The number of aliphatic hydroxyl groups is 1. The predicted molar refractivity (Wildman–Crippen MR) is 90.7 cm³/mol. The smallest absolute Gasteiger partial charge is 0.123 e. The molecule has 6 heteroatoms. The zero-order valence-corrected chi connectivity index (χ0v) is 13.6. The fourth-order valence-electron chi connectivity index (χ4n) is 2.13. The Bertz CT molecular complexity index is 617. The van der Waals surface area contributed by atoms with E-state index in [1.54, 1.807) is 36.4 Å². The number of benzene rings is 2. The summed E-state index contributed by atoms with van der Waals surface area (Å²) in [5.74, 6) is 1.55. The standard InChI is InChI=1S/C18H23NO5/c1-19(9-10-23-18-4-2-3-15(21)11-18)12-16(22)13-24-17-7-5-14(20)6-8-17/h2-8,11,16,20-22H,9-10,12-13H2,1H3. The number of aliphatic hydroxyl groups excluding tert-OH is 1. The lowest BCUT2D eigenvalue weighted by molar-refractivity contribution is 0.0723. The molecule has 0 radical (unpaired) electrons. The highest BCUT2D eigenvalue weighted by Gasteiger charge is 2.09. The first kappa shape index (κ1) is 17.9. The van der Waals surface area contributed by atoms with Gasteiger partial charge < -0.3 is 29.7 Å². The van der Waals surface area contributed by atoms with Crippen molar-refractivity contribution in [3.63, 3.8) is 0 Å². The molecule has 0 bridgehead atoms. The van der Waals surface area contributed by atoms with Crippen molar-refractivity contribution in [3.05, 3.63) is 48.5 Å². The van der Waals surface area contributed by atoms with Crippen LogP contribution in [0.2, 0.25) is 0 Å². The molecule has 3 N–H and O–H groups in total. The lowest BCUT2D eigenvalue weighted by Gasteiger charge is -2.21. The third-order valence-corrected chi connectivity index (χ3v) is 3.36. The highest BCUT2D eigenvalue weighted by atomic mass is 16.5. The van der Waals surface area contributed by atoms with E-state index in [1.807, 2.05) is 11.9 Å². The number of nitrogens with zero attached hydrogens (tertiary/aromatic N) is 1. The quantitative estimate of drug-likeness (QED) is 0.650. The Morgan fingerprint density at radius 3 is 2.42 bits per heavy atom. The van der Waals surface area contributed by atoms with Crippen LogP contribution < -0.4 is 9.47 Å². The third kappa shape index (κ3) is 6.36. The minimum atomic E-state index is -0.635. The van der Waals surface area contributed by atoms with Gasteiger partial charge in [0.15, 0.2) is 0 Å². The third-order valence-electron chi connectivity index (χ3n) is 3.36. The molecule has 0 spiro atoms. The second-order valence-electron chi connectivity index (χ2n) is 5.57. The van der Waals surface area contributed by atoms with Gasteiger partial charge in [0.25, 0.3) is 0 Å². The van der Waals surface area contributed by atoms with Gasteiger partial charge in [-0.3, -0.25) is 0 Å². The predicted octanol–water partition coefficient (Wildman–Crippen LogP) is 1.85. The largest absolute Gasteiger partial charge is 0.508 e. The molecular formula is C18H23NO5. The maximum Gasteiger partial charge on any atom is 0.123 e. The number of likely N-dealkylation sites (N-methyl/N-ethyl adjacent to an activating group) is 1. The van der Waals surface area contributed by atoms with Gasteiger partial charge in [0.1, 0.15) is 42.3 Å². The summed E-state index contributed by atoms with van der Waals surface area (Å²) in [6.07, 6.45) is -0.635. The van der Waals surface area contributed by atoms with Crippen LogP contribution in [-0.4, -0.2) is 59.7 Å². The van der Waals surface area contributed by atoms with Crippen LogP contribution in [0.4, 0.5) is 0 Å². The first-order valence-electron chi connectivity index (χ1n) is 7.73. The minimum absolute atomic E-state index is 0.169. The van der Waals surface area contributed by atoms with Gasteiger partial charge in [0.2, 0.25) is 0 Å². The molecule has 0 amide bonds. The molecule has 0 aromatic heterocycles. The molecule has 2 rings (SSSR count). The molecule has 0 saturated heterocycles. The van der Waals surface area contributed by atoms with Gasteiger partial charge in [-0.2, -0.15) is 0 Å². The van der Waals surface area contributed by atoms with Gasteiger partial charge in [0, 0.05) is 19.2 Å². The zero-order valence-electron chi connectivity index (χ0n) is 13.6. The highest BCUT2D eigenvalue weighted by Crippen LogP contribution is 2.17. The molecule has 1 atom stereocenters. The zero-order chi connectivity index (χ0) is 17.4. The molecule has 0 aliphatic heterocycles. The van der Waals surface area contributed by atoms with Crippen LogP contribution in [0.25, 0.3) is 0 Å². The van der Waals surface area contributed by atoms with Crippen molar-refractivity contribution in [2.24, 2.45) is 0 Å². The van der Waals surface area contributed by atoms with E-state index in [9.17, 15) is 15.3 Å². The summed E-state index contributed by atoms with van der Waals surface area (Å²) >= 11 is 0. The lowest BCUT2D eigenvalue weighted by atomic mass is 10.3. The number of phenols is 2. The fourth-order valence-corrected chi connectivity index (χ4v) is 2.13. The summed E-state index contributed by atoms with van der Waals surface area (Å²) in [4.78, 5) is 1.94. The van der Waals surface area contributed by atoms with E-state index < -0.39 is 6.10 Å². The van der Waals surface area contributed by atoms with E-state index in [2.05, 4.69) is 0 Å². The molecule has 0 aliphatic carbocycles. The summed E-state index contributed by atoms with van der Waals surface area (Å²) in [6.45, 7) is 1.70. The summed E-state index contributed by atoms with van der Waals surface area (Å²) in [5, 5.41) is 28.6. The molecule has 130 valence electrons. The number of aromatic hydroxyl groups is 2. The van der Waals surface area contributed by atoms with Gasteiger partial charge >= 0.3 is 0 Å². The number of hydrogen-bond acceptors (Lipinski definition) is 6. The topological polar surface area (TPSA) is 82.4 Å². The monoisotopic (exact) mass is 333 g/mol. The van der Waals surface area contributed by atoms with Gasteiger partial charge in [-0.05, 0) is 43.4 Å². The summed E-state index contributed by atoms with van der Waals surface area (Å²) in [5.41, 5.74) is 0. The van der Waals surface area contributed by atoms with Crippen molar-refractivity contribution in [2.45, 2.75) is 6.10 Å². The van der Waals surface area contributed by atoms with Crippen LogP contribution in [0, 0.1) is 0 Å². The van der Waals surface area contributed by atoms with Crippen molar-refractivity contribution >= 4 is 0 Å². The summed E-state index contributed by atoms with van der Waals surface area (Å²) in [6, 6.07) is 13.0. The molecule has 6 nitrogen and oxygen atoms in total.